The van der Waals surface area contributed by atoms with E-state index in [1.54, 1.807) is 30.5 Å². The first kappa shape index (κ1) is 24.7. The van der Waals surface area contributed by atoms with Crippen LogP contribution in [0.15, 0.2) is 82.4 Å². The van der Waals surface area contributed by atoms with Crippen molar-refractivity contribution in [3.63, 3.8) is 0 Å². The Morgan fingerprint density at radius 3 is 2.40 bits per heavy atom. The highest BCUT2D eigenvalue weighted by atomic mass is 79.9. The molecule has 2 amide bonds. The van der Waals surface area contributed by atoms with Crippen LogP contribution >= 0.6 is 15.9 Å². The number of sulfonamides is 1. The van der Waals surface area contributed by atoms with Gasteiger partial charge in [0.1, 0.15) is 6.04 Å². The molecule has 0 bridgehead atoms. The van der Waals surface area contributed by atoms with E-state index >= 15 is 0 Å². The third-order valence-electron chi connectivity index (χ3n) is 5.50. The third kappa shape index (κ3) is 5.02. The van der Waals surface area contributed by atoms with Gasteiger partial charge in [0.05, 0.1) is 29.7 Å². The average Bonchev–Trinajstić information content (AvgIpc) is 3.16. The van der Waals surface area contributed by atoms with Gasteiger partial charge < -0.3 is 4.74 Å². The fourth-order valence-electron chi connectivity index (χ4n) is 3.75. The molecular weight excluding hydrogens is 538 g/mol. The molecule has 1 unspecified atom stereocenters. The number of carbonyl (C=O) groups is 3. The lowest BCUT2D eigenvalue weighted by Crippen LogP contribution is -2.45. The molecule has 2 aromatic carbocycles. The van der Waals surface area contributed by atoms with Gasteiger partial charge in [-0.25, -0.2) is 18.1 Å². The maximum atomic E-state index is 13.6. The van der Waals surface area contributed by atoms with Gasteiger partial charge in [0.15, 0.2) is 0 Å². The van der Waals surface area contributed by atoms with Crippen molar-refractivity contribution in [2.45, 2.75) is 23.9 Å². The molecule has 11 heteroatoms. The van der Waals surface area contributed by atoms with Gasteiger partial charge in [-0.3, -0.25) is 14.6 Å². The lowest BCUT2D eigenvalue weighted by atomic mass is 10.2. The predicted octanol–water partition coefficient (Wildman–Crippen LogP) is 3.15. The number of rotatable bonds is 7. The van der Waals surface area contributed by atoms with Crippen molar-refractivity contribution >= 4 is 49.4 Å². The molecule has 1 aliphatic heterocycles. The van der Waals surface area contributed by atoms with Crippen molar-refractivity contribution in [1.82, 2.24) is 9.29 Å². The highest BCUT2D eigenvalue weighted by Crippen LogP contribution is 2.31. The summed E-state index contributed by atoms with van der Waals surface area (Å²) >= 11 is 3.29. The van der Waals surface area contributed by atoms with Crippen molar-refractivity contribution in [3.05, 3.63) is 88.7 Å². The number of esters is 1. The molecule has 4 rings (SSSR count). The van der Waals surface area contributed by atoms with Crippen LogP contribution < -0.4 is 4.90 Å². The summed E-state index contributed by atoms with van der Waals surface area (Å²) in [6.07, 6.45) is 2.74. The summed E-state index contributed by atoms with van der Waals surface area (Å²) in [5.74, 6) is -1.78. The van der Waals surface area contributed by atoms with Gasteiger partial charge in [-0.05, 0) is 60.2 Å². The molecule has 0 saturated carbocycles. The maximum absolute atomic E-state index is 13.6. The van der Waals surface area contributed by atoms with Crippen molar-refractivity contribution in [2.24, 2.45) is 0 Å². The minimum Gasteiger partial charge on any atom is -0.465 e. The Hall–Kier alpha value is -3.41. The van der Waals surface area contributed by atoms with Crippen LogP contribution in [0, 0.1) is 0 Å². The zero-order chi connectivity index (χ0) is 25.2. The van der Waals surface area contributed by atoms with Crippen molar-refractivity contribution in [1.29, 1.82) is 0 Å². The standard InChI is InChI=1S/C24H20BrN3O6S/c1-34-24(31)17-4-8-19(9-5-17)28-22(29)13-21(23(28)30)27(15-16-3-2-12-26-14-16)35(32,33)20-10-6-18(25)7-11-20/h2-12,14,21H,13,15H2,1H3. The number of benzene rings is 2. The molecule has 35 heavy (non-hydrogen) atoms. The van der Waals surface area contributed by atoms with Gasteiger partial charge in [0, 0.05) is 23.4 Å². The molecular formula is C24H20BrN3O6S. The molecule has 1 aromatic heterocycles. The Morgan fingerprint density at radius 2 is 1.80 bits per heavy atom. The first-order chi connectivity index (χ1) is 16.7. The molecule has 0 spiro atoms. The Labute approximate surface area is 210 Å². The van der Waals surface area contributed by atoms with Crippen LogP contribution in [0.4, 0.5) is 5.69 Å². The number of carbonyl (C=O) groups excluding carboxylic acids is 3. The van der Waals surface area contributed by atoms with Crippen molar-refractivity contribution in [2.75, 3.05) is 12.0 Å². The molecule has 0 N–H and O–H groups in total. The first-order valence-electron chi connectivity index (χ1n) is 10.4. The quantitative estimate of drug-likeness (QED) is 0.323. The monoisotopic (exact) mass is 557 g/mol. The van der Waals surface area contributed by atoms with Crippen molar-refractivity contribution < 1.29 is 27.5 Å². The van der Waals surface area contributed by atoms with Gasteiger partial charge in [0.25, 0.3) is 5.91 Å². The molecule has 1 atom stereocenters. The highest BCUT2D eigenvalue weighted by molar-refractivity contribution is 9.10. The van der Waals surface area contributed by atoms with Crippen LogP contribution in [0.1, 0.15) is 22.3 Å². The van der Waals surface area contributed by atoms with Gasteiger partial charge in [0.2, 0.25) is 15.9 Å². The number of amides is 2. The van der Waals surface area contributed by atoms with Gasteiger partial charge in [-0.15, -0.1) is 0 Å². The Balaban J connectivity index is 1.70. The van der Waals surface area contributed by atoms with E-state index in [1.807, 2.05) is 0 Å². The van der Waals surface area contributed by atoms with Crippen LogP contribution in [0.25, 0.3) is 0 Å². The van der Waals surface area contributed by atoms with E-state index in [-0.39, 0.29) is 29.1 Å². The van der Waals surface area contributed by atoms with Crippen LogP contribution in [0.5, 0.6) is 0 Å². The number of hydrogen-bond donors (Lipinski definition) is 0. The number of aromatic nitrogens is 1. The van der Waals surface area contributed by atoms with Crippen LogP contribution in [0.2, 0.25) is 0 Å². The summed E-state index contributed by atoms with van der Waals surface area (Å²) in [7, 11) is -2.91. The number of imide groups is 1. The second-order valence-electron chi connectivity index (χ2n) is 7.69. The molecule has 1 fully saturated rings. The smallest absolute Gasteiger partial charge is 0.337 e. The lowest BCUT2D eigenvalue weighted by molar-refractivity contribution is -0.122. The lowest BCUT2D eigenvalue weighted by Gasteiger charge is -2.27. The average molecular weight is 558 g/mol. The fourth-order valence-corrected chi connectivity index (χ4v) is 5.59. The molecule has 0 radical (unpaired) electrons. The Morgan fingerprint density at radius 1 is 1.11 bits per heavy atom. The Bertz CT molecular complexity index is 1360. The van der Waals surface area contributed by atoms with E-state index in [4.69, 9.17) is 0 Å². The third-order valence-corrected chi connectivity index (χ3v) is 7.90. The molecule has 1 aliphatic rings. The highest BCUT2D eigenvalue weighted by Gasteiger charge is 2.47. The summed E-state index contributed by atoms with van der Waals surface area (Å²) in [6, 6.07) is 13.9. The molecule has 9 nitrogen and oxygen atoms in total. The van der Waals surface area contributed by atoms with E-state index in [9.17, 15) is 22.8 Å². The topological polar surface area (TPSA) is 114 Å². The van der Waals surface area contributed by atoms with E-state index in [2.05, 4.69) is 25.7 Å². The number of anilines is 1. The molecule has 0 aliphatic carbocycles. The van der Waals surface area contributed by atoms with Crippen LogP contribution in [-0.4, -0.2) is 48.6 Å². The number of methoxy groups -OCH3 is 1. The summed E-state index contributed by atoms with van der Waals surface area (Å²) in [5, 5.41) is 0. The summed E-state index contributed by atoms with van der Waals surface area (Å²) < 4.78 is 33.7. The van der Waals surface area contributed by atoms with Crippen molar-refractivity contribution in [3.8, 4) is 0 Å². The summed E-state index contributed by atoms with van der Waals surface area (Å²) in [5.41, 5.74) is 1.05. The maximum Gasteiger partial charge on any atom is 0.337 e. The molecule has 2 heterocycles. The first-order valence-corrected chi connectivity index (χ1v) is 12.7. The number of nitrogens with zero attached hydrogens (tertiary/aromatic N) is 3. The summed E-state index contributed by atoms with van der Waals surface area (Å²) in [6.45, 7) is -0.148. The van der Waals surface area contributed by atoms with Gasteiger partial charge in [-0.1, -0.05) is 22.0 Å². The van der Waals surface area contributed by atoms with E-state index in [0.29, 0.717) is 10.0 Å². The van der Waals surface area contributed by atoms with Crippen LogP contribution in [-0.2, 0) is 30.9 Å². The van der Waals surface area contributed by atoms with Crippen LogP contribution in [0.3, 0.4) is 0 Å². The SMILES string of the molecule is COC(=O)c1ccc(N2C(=O)CC(N(Cc3cccnc3)S(=O)(=O)c3ccc(Br)cc3)C2=O)cc1. The van der Waals surface area contributed by atoms with E-state index < -0.39 is 33.8 Å². The van der Waals surface area contributed by atoms with E-state index in [0.717, 1.165) is 9.21 Å². The second kappa shape index (κ2) is 10.1. The number of hydrogen-bond acceptors (Lipinski definition) is 7. The minimum absolute atomic E-state index is 0.00859. The van der Waals surface area contributed by atoms with Gasteiger partial charge >= 0.3 is 5.97 Å². The normalized spacial score (nSPS) is 16.1. The van der Waals surface area contributed by atoms with E-state index in [1.165, 1.54) is 49.7 Å². The Kier molecular flexibility index (Phi) is 7.10. The minimum atomic E-state index is -4.16. The zero-order valence-corrected chi connectivity index (χ0v) is 20.9. The number of ether oxygens (including phenoxy) is 1. The summed E-state index contributed by atoms with van der Waals surface area (Å²) in [4.78, 5) is 43.0. The fraction of sp³-hybridized carbons (Fsp3) is 0.167. The largest absolute Gasteiger partial charge is 0.465 e. The molecule has 180 valence electrons. The second-order valence-corrected chi connectivity index (χ2v) is 10.5. The number of halogens is 1. The number of pyridine rings is 1. The van der Waals surface area contributed by atoms with Gasteiger partial charge in [-0.2, -0.15) is 4.31 Å². The molecule has 3 aromatic rings. The predicted molar refractivity (Wildman–Crippen MR) is 130 cm³/mol. The zero-order valence-electron chi connectivity index (χ0n) is 18.5. The molecule has 1 saturated heterocycles.